The van der Waals surface area contributed by atoms with Gasteiger partial charge in [-0.25, -0.2) is 0 Å². The van der Waals surface area contributed by atoms with Crippen molar-refractivity contribution in [3.63, 3.8) is 0 Å². The van der Waals surface area contributed by atoms with Crippen molar-refractivity contribution >= 4 is 79.8 Å². The van der Waals surface area contributed by atoms with E-state index in [1.807, 2.05) is 30.3 Å². The molecule has 4 unspecified atom stereocenters. The number of carboxylic acids is 1. The van der Waals surface area contributed by atoms with Crippen LogP contribution in [-0.2, 0) is 57.6 Å². The fourth-order valence-electron chi connectivity index (χ4n) is 7.73. The summed E-state index contributed by atoms with van der Waals surface area (Å²) < 4.78 is 0. The molecule has 1 fully saturated rings. The first-order valence-electron chi connectivity index (χ1n) is 24.4. The van der Waals surface area contributed by atoms with E-state index in [4.69, 9.17) is 21.4 Å². The van der Waals surface area contributed by atoms with Crippen molar-refractivity contribution in [2.75, 3.05) is 24.7 Å². The van der Waals surface area contributed by atoms with Crippen LogP contribution in [0.3, 0.4) is 0 Å². The lowest BCUT2D eigenvalue weighted by molar-refractivity contribution is -0.136. The SMILES string of the molecule is CC(=O)O.C[C@@H](O)[C@@H]1NC(=O)C(CCCCN)NC(=O)[C@@H](Cc2c[nH]c3ccccc23)NC(=O)C(Cc2ccccc2)NC(=O)C(NC(=O)[C@H](N)Cc2ccccc2)CSSCC(C(=O)N[C@H](CO)[C@@H](C)O)NC1=O. The number of benzene rings is 3. The van der Waals surface area contributed by atoms with Crippen LogP contribution in [0.15, 0.2) is 91.1 Å². The predicted octanol–water partition coefficient (Wildman–Crippen LogP) is -0.714. The zero-order valence-electron chi connectivity index (χ0n) is 42.0. The summed E-state index contributed by atoms with van der Waals surface area (Å²) in [4.78, 5) is 112. The first-order chi connectivity index (χ1) is 35.8. The third-order valence-corrected chi connectivity index (χ3v) is 14.3. The quantitative estimate of drug-likeness (QED) is 0.0459. The van der Waals surface area contributed by atoms with Crippen molar-refractivity contribution in [1.82, 2.24) is 42.2 Å². The lowest BCUT2D eigenvalue weighted by Crippen LogP contribution is -2.62. The van der Waals surface area contributed by atoms with Crippen LogP contribution in [0, 0.1) is 0 Å². The molecule has 0 bridgehead atoms. The number of para-hydroxylation sites is 1. The number of nitrogens with two attached hydrogens (primary N) is 2. The highest BCUT2D eigenvalue weighted by atomic mass is 33.1. The average molecular weight is 1080 g/mol. The zero-order chi connectivity index (χ0) is 55.0. The minimum atomic E-state index is -1.66. The Hall–Kier alpha value is -6.54. The monoisotopic (exact) mass is 1080 g/mol. The molecule has 1 aliphatic heterocycles. The highest BCUT2D eigenvalue weighted by Gasteiger charge is 2.36. The minimum absolute atomic E-state index is 0.0340. The summed E-state index contributed by atoms with van der Waals surface area (Å²) in [5.41, 5.74) is 15.0. The number of aromatic nitrogens is 1. The molecular weight excluding hydrogens is 1010 g/mol. The summed E-state index contributed by atoms with van der Waals surface area (Å²) in [6.45, 7) is 3.31. The van der Waals surface area contributed by atoms with E-state index < -0.39 is 114 Å². The van der Waals surface area contributed by atoms with Gasteiger partial charge in [0.2, 0.25) is 41.4 Å². The second-order valence-electron chi connectivity index (χ2n) is 18.0. The van der Waals surface area contributed by atoms with Crippen LogP contribution >= 0.6 is 21.6 Å². The van der Waals surface area contributed by atoms with Crippen LogP contribution in [0.25, 0.3) is 10.9 Å². The Bertz CT molecular complexity index is 2500. The summed E-state index contributed by atoms with van der Waals surface area (Å²) in [5, 5.41) is 57.9. The number of carbonyl (C=O) groups excluding carboxylic acids is 7. The Kier molecular flexibility index (Phi) is 25.5. The Morgan fingerprint density at radius 1 is 0.720 bits per heavy atom. The summed E-state index contributed by atoms with van der Waals surface area (Å²) in [7, 11) is 2.06. The van der Waals surface area contributed by atoms with Gasteiger partial charge in [0.1, 0.15) is 36.3 Å². The molecule has 24 heteroatoms. The van der Waals surface area contributed by atoms with Crippen molar-refractivity contribution < 1.29 is 58.8 Å². The number of amides is 7. The number of aliphatic carboxylic acids is 1. The Morgan fingerprint density at radius 2 is 1.28 bits per heavy atom. The minimum Gasteiger partial charge on any atom is -0.481 e. The smallest absolute Gasteiger partial charge is 0.300 e. The lowest BCUT2D eigenvalue weighted by Gasteiger charge is -2.29. The maximum atomic E-state index is 14.7. The van der Waals surface area contributed by atoms with E-state index in [0.29, 0.717) is 24.0 Å². The Labute approximate surface area is 442 Å². The van der Waals surface area contributed by atoms with Gasteiger partial charge < -0.3 is 74.1 Å². The fraction of sp³-hybridized carbons (Fsp3) is 0.451. The third kappa shape index (κ3) is 20.3. The van der Waals surface area contributed by atoms with Gasteiger partial charge >= 0.3 is 0 Å². The van der Waals surface area contributed by atoms with Gasteiger partial charge in [0.15, 0.2) is 0 Å². The van der Waals surface area contributed by atoms with E-state index >= 15 is 0 Å². The first-order valence-corrected chi connectivity index (χ1v) is 26.9. The summed E-state index contributed by atoms with van der Waals surface area (Å²) in [6, 6.07) is 14.6. The molecule has 0 aliphatic carbocycles. The van der Waals surface area contributed by atoms with Crippen molar-refractivity contribution in [2.45, 2.75) is 120 Å². The van der Waals surface area contributed by atoms with Crippen LogP contribution in [0.1, 0.15) is 56.7 Å². The van der Waals surface area contributed by atoms with Gasteiger partial charge in [-0.15, -0.1) is 0 Å². The number of carbonyl (C=O) groups is 8. The molecule has 16 N–H and O–H groups in total. The number of fused-ring (bicyclic) bond motifs is 1. The molecular formula is C51H70N10O12S2. The van der Waals surface area contributed by atoms with Crippen LogP contribution in [-0.4, -0.2) is 158 Å². The second kappa shape index (κ2) is 31.4. The third-order valence-electron chi connectivity index (χ3n) is 11.9. The van der Waals surface area contributed by atoms with E-state index in [-0.39, 0.29) is 43.7 Å². The van der Waals surface area contributed by atoms with Gasteiger partial charge in [-0.1, -0.05) is 100 Å². The average Bonchev–Trinajstić information content (AvgIpc) is 3.78. The van der Waals surface area contributed by atoms with Gasteiger partial charge in [0.05, 0.1) is 30.9 Å². The van der Waals surface area contributed by atoms with Crippen molar-refractivity contribution in [3.05, 3.63) is 108 Å². The molecule has 75 heavy (non-hydrogen) atoms. The number of hydrogen-bond donors (Lipinski definition) is 14. The number of hydrogen-bond acceptors (Lipinski definition) is 15. The number of aromatic amines is 1. The van der Waals surface area contributed by atoms with E-state index in [0.717, 1.165) is 45.0 Å². The molecule has 0 radical (unpaired) electrons. The molecule has 0 saturated carbocycles. The van der Waals surface area contributed by atoms with Crippen LogP contribution in [0.4, 0.5) is 0 Å². The van der Waals surface area contributed by atoms with E-state index in [2.05, 4.69) is 42.2 Å². The number of unbranched alkanes of at least 4 members (excludes halogenated alkanes) is 1. The zero-order valence-corrected chi connectivity index (χ0v) is 43.7. The molecule has 0 spiro atoms. The molecule has 2 heterocycles. The summed E-state index contributed by atoms with van der Waals surface area (Å²) in [6.07, 6.45) is -0.156. The number of H-pyrrole nitrogens is 1. The molecule has 5 rings (SSSR count). The Morgan fingerprint density at radius 3 is 1.89 bits per heavy atom. The number of nitrogens with one attached hydrogen (secondary N) is 8. The molecule has 22 nitrogen and oxygen atoms in total. The molecule has 1 aliphatic rings. The highest BCUT2D eigenvalue weighted by Crippen LogP contribution is 2.24. The van der Waals surface area contributed by atoms with Gasteiger partial charge in [-0.2, -0.15) is 0 Å². The molecule has 10 atom stereocenters. The van der Waals surface area contributed by atoms with Crippen molar-refractivity contribution in [2.24, 2.45) is 11.5 Å². The predicted molar refractivity (Wildman–Crippen MR) is 285 cm³/mol. The van der Waals surface area contributed by atoms with Crippen LogP contribution in [0.2, 0.25) is 0 Å². The first kappa shape index (κ1) is 61.0. The number of aliphatic hydroxyl groups is 3. The van der Waals surface area contributed by atoms with Crippen LogP contribution in [0.5, 0.6) is 0 Å². The molecule has 408 valence electrons. The van der Waals surface area contributed by atoms with Gasteiger partial charge in [-0.05, 0) is 68.8 Å². The second-order valence-corrected chi connectivity index (χ2v) is 20.5. The molecule has 4 aromatic rings. The normalized spacial score (nSPS) is 21.9. The highest BCUT2D eigenvalue weighted by molar-refractivity contribution is 8.76. The van der Waals surface area contributed by atoms with Crippen molar-refractivity contribution in [1.29, 1.82) is 0 Å². The van der Waals surface area contributed by atoms with E-state index in [1.54, 1.807) is 60.8 Å². The lowest BCUT2D eigenvalue weighted by atomic mass is 10.0. The number of carboxylic acid groups (broad SMARTS) is 1. The summed E-state index contributed by atoms with van der Waals surface area (Å²) >= 11 is 0. The van der Waals surface area contributed by atoms with E-state index in [1.165, 1.54) is 13.8 Å². The summed E-state index contributed by atoms with van der Waals surface area (Å²) in [5.74, 6) is -6.84. The van der Waals surface area contributed by atoms with Crippen molar-refractivity contribution in [3.8, 4) is 0 Å². The number of aliphatic hydroxyl groups excluding tert-OH is 3. The fourth-order valence-corrected chi connectivity index (χ4v) is 10.1. The van der Waals surface area contributed by atoms with Crippen LogP contribution < -0.4 is 48.7 Å². The maximum Gasteiger partial charge on any atom is 0.300 e. The Balaban J connectivity index is 0.00000293. The molecule has 3 aromatic carbocycles. The van der Waals surface area contributed by atoms with Gasteiger partial charge in [0, 0.05) is 48.4 Å². The standard InChI is InChI=1S/C49H66N10O10S2.C2H4O2/c1-28(61)39(25-60)56-48(68)41-27-71-70-26-40(57-43(63)34(51)21-30-13-5-3-6-14-30)47(67)54-37(22-31-15-7-4-8-16-31)45(65)55-38(23-32-24-52-35-18-10-9-17-33(32)35)46(66)53-36(19-11-12-20-50)44(64)59-42(29(2)62)49(69)58-41;1-2(3)4/h3-10,13-18,24,28-29,34,36-42,52,60-62H,11-12,19-23,25-27,50-51H2,1-2H3,(H,53,66)(H,54,67)(H,55,65)(H,56,68)(H,57,63)(H,58,69)(H,59,64);1H3,(H,3,4)/t28-,29-,34-,36?,37?,38-,39-,40?,41?,42+;/m1./s1. The van der Waals surface area contributed by atoms with Gasteiger partial charge in [0.25, 0.3) is 5.97 Å². The number of rotatable bonds is 17. The molecule has 7 amide bonds. The topological polar surface area (TPSA) is 370 Å². The largest absolute Gasteiger partial charge is 0.481 e. The molecule has 1 saturated heterocycles. The van der Waals surface area contributed by atoms with E-state index in [9.17, 15) is 48.9 Å². The maximum absolute atomic E-state index is 14.7. The van der Waals surface area contributed by atoms with Gasteiger partial charge in [-0.3, -0.25) is 38.4 Å². The molecule has 1 aromatic heterocycles.